The Morgan fingerprint density at radius 3 is 2.60 bits per heavy atom. The Labute approximate surface area is 150 Å². The molecular formula is C21H16ClNO2. The van der Waals surface area contributed by atoms with E-state index in [0.717, 1.165) is 33.5 Å². The largest absolute Gasteiger partial charge is 0.489 e. The van der Waals surface area contributed by atoms with Gasteiger partial charge in [0.2, 0.25) is 5.89 Å². The average molecular weight is 350 g/mol. The van der Waals surface area contributed by atoms with Crippen LogP contribution < -0.4 is 4.74 Å². The molecule has 0 bridgehead atoms. The fourth-order valence-electron chi connectivity index (χ4n) is 2.63. The van der Waals surface area contributed by atoms with Gasteiger partial charge in [0, 0.05) is 16.1 Å². The number of fused-ring (bicyclic) bond motifs is 1. The fourth-order valence-corrected chi connectivity index (χ4v) is 2.82. The van der Waals surface area contributed by atoms with Crippen LogP contribution in [0.25, 0.3) is 22.6 Å². The zero-order valence-corrected chi connectivity index (χ0v) is 14.5. The van der Waals surface area contributed by atoms with E-state index in [1.807, 2.05) is 73.7 Å². The van der Waals surface area contributed by atoms with Crippen LogP contribution in [0.2, 0.25) is 5.02 Å². The molecule has 0 N–H and O–H groups in total. The fraction of sp³-hybridized carbons (Fsp3) is 0.0952. The summed E-state index contributed by atoms with van der Waals surface area (Å²) < 4.78 is 11.6. The molecule has 1 heterocycles. The van der Waals surface area contributed by atoms with Crippen LogP contribution in [0.1, 0.15) is 11.1 Å². The van der Waals surface area contributed by atoms with Crippen molar-refractivity contribution < 1.29 is 9.15 Å². The minimum Gasteiger partial charge on any atom is -0.489 e. The van der Waals surface area contributed by atoms with Crippen molar-refractivity contribution in [1.29, 1.82) is 0 Å². The van der Waals surface area contributed by atoms with E-state index in [9.17, 15) is 0 Å². The molecule has 0 aliphatic carbocycles. The molecule has 0 spiro atoms. The highest BCUT2D eigenvalue weighted by atomic mass is 35.5. The van der Waals surface area contributed by atoms with Gasteiger partial charge in [0.25, 0.3) is 0 Å². The van der Waals surface area contributed by atoms with Crippen LogP contribution in [0, 0.1) is 6.92 Å². The number of hydrogen-bond donors (Lipinski definition) is 0. The summed E-state index contributed by atoms with van der Waals surface area (Å²) in [6.07, 6.45) is 0. The summed E-state index contributed by atoms with van der Waals surface area (Å²) in [4.78, 5) is 4.55. The van der Waals surface area contributed by atoms with E-state index in [0.29, 0.717) is 17.5 Å². The average Bonchev–Trinajstić information content (AvgIpc) is 3.04. The summed E-state index contributed by atoms with van der Waals surface area (Å²) in [5, 5.41) is 0.709. The predicted molar refractivity (Wildman–Crippen MR) is 100.0 cm³/mol. The molecule has 0 fully saturated rings. The number of benzene rings is 3. The van der Waals surface area contributed by atoms with Gasteiger partial charge in [-0.05, 0) is 55.0 Å². The molecule has 1 aromatic heterocycles. The number of oxazole rings is 1. The van der Waals surface area contributed by atoms with Gasteiger partial charge in [-0.15, -0.1) is 0 Å². The summed E-state index contributed by atoms with van der Waals surface area (Å²) >= 11 is 6.14. The lowest BCUT2D eigenvalue weighted by Crippen LogP contribution is -1.95. The number of hydrogen-bond acceptors (Lipinski definition) is 3. The van der Waals surface area contributed by atoms with Crippen molar-refractivity contribution >= 4 is 22.7 Å². The molecule has 4 aromatic rings. The molecule has 4 heteroatoms. The van der Waals surface area contributed by atoms with E-state index in [4.69, 9.17) is 20.8 Å². The summed E-state index contributed by atoms with van der Waals surface area (Å²) in [6.45, 7) is 2.47. The van der Waals surface area contributed by atoms with Crippen LogP contribution in [-0.2, 0) is 6.61 Å². The zero-order chi connectivity index (χ0) is 17.2. The molecule has 0 radical (unpaired) electrons. The molecule has 3 nitrogen and oxygen atoms in total. The molecule has 0 unspecified atom stereocenters. The molecule has 124 valence electrons. The van der Waals surface area contributed by atoms with Crippen molar-refractivity contribution in [3.63, 3.8) is 0 Å². The van der Waals surface area contributed by atoms with Gasteiger partial charge in [0.15, 0.2) is 5.58 Å². The standard InChI is InChI=1S/C21H16ClNO2/c1-14-6-11-20-19(12-14)23-21(25-20)15-7-9-17(10-8-15)24-13-16-4-2-3-5-18(16)22/h2-12H,13H2,1H3. The van der Waals surface area contributed by atoms with Gasteiger partial charge in [-0.3, -0.25) is 0 Å². The molecule has 4 rings (SSSR count). The Morgan fingerprint density at radius 1 is 1.00 bits per heavy atom. The van der Waals surface area contributed by atoms with E-state index in [1.54, 1.807) is 0 Å². The number of aromatic nitrogens is 1. The second-order valence-electron chi connectivity index (χ2n) is 5.89. The maximum atomic E-state index is 6.14. The Kier molecular flexibility index (Phi) is 4.16. The van der Waals surface area contributed by atoms with E-state index in [1.165, 1.54) is 0 Å². The second kappa shape index (κ2) is 6.61. The van der Waals surface area contributed by atoms with Crippen LogP contribution >= 0.6 is 11.6 Å². The van der Waals surface area contributed by atoms with Gasteiger partial charge in [-0.2, -0.15) is 0 Å². The van der Waals surface area contributed by atoms with Gasteiger partial charge < -0.3 is 9.15 Å². The Bertz CT molecular complexity index is 1020. The topological polar surface area (TPSA) is 35.3 Å². The predicted octanol–water partition coefficient (Wildman–Crippen LogP) is 6.04. The highest BCUT2D eigenvalue weighted by Crippen LogP contribution is 2.27. The van der Waals surface area contributed by atoms with Gasteiger partial charge in [0.1, 0.15) is 17.9 Å². The van der Waals surface area contributed by atoms with Gasteiger partial charge in [0.05, 0.1) is 0 Å². The van der Waals surface area contributed by atoms with Crippen LogP contribution in [0.15, 0.2) is 71.1 Å². The first-order valence-corrected chi connectivity index (χ1v) is 8.41. The number of rotatable bonds is 4. The number of nitrogens with zero attached hydrogens (tertiary/aromatic N) is 1. The highest BCUT2D eigenvalue weighted by molar-refractivity contribution is 6.31. The molecule has 0 atom stereocenters. The minimum atomic E-state index is 0.432. The second-order valence-corrected chi connectivity index (χ2v) is 6.30. The normalized spacial score (nSPS) is 11.0. The third-order valence-electron chi connectivity index (χ3n) is 4.00. The first-order valence-electron chi connectivity index (χ1n) is 8.03. The molecule has 3 aromatic carbocycles. The first-order chi connectivity index (χ1) is 12.2. The van der Waals surface area contributed by atoms with E-state index in [-0.39, 0.29) is 0 Å². The molecular weight excluding hydrogens is 334 g/mol. The van der Waals surface area contributed by atoms with Crippen molar-refractivity contribution in [2.45, 2.75) is 13.5 Å². The number of ether oxygens (including phenoxy) is 1. The van der Waals surface area contributed by atoms with Crippen molar-refractivity contribution in [3.05, 3.63) is 82.9 Å². The summed E-state index contributed by atoms with van der Waals surface area (Å²) in [5.74, 6) is 1.38. The first kappa shape index (κ1) is 15.7. The van der Waals surface area contributed by atoms with Crippen molar-refractivity contribution in [3.8, 4) is 17.2 Å². The van der Waals surface area contributed by atoms with Crippen LogP contribution in [0.3, 0.4) is 0 Å². The zero-order valence-electron chi connectivity index (χ0n) is 13.7. The van der Waals surface area contributed by atoms with Gasteiger partial charge >= 0.3 is 0 Å². The molecule has 0 saturated carbocycles. The third-order valence-corrected chi connectivity index (χ3v) is 4.37. The lowest BCUT2D eigenvalue weighted by molar-refractivity contribution is 0.306. The number of halogens is 1. The number of aryl methyl sites for hydroxylation is 1. The summed E-state index contributed by atoms with van der Waals surface area (Å²) in [5.41, 5.74) is 4.70. The van der Waals surface area contributed by atoms with Crippen LogP contribution in [-0.4, -0.2) is 4.98 Å². The molecule has 0 amide bonds. The monoisotopic (exact) mass is 349 g/mol. The van der Waals surface area contributed by atoms with Gasteiger partial charge in [-0.25, -0.2) is 4.98 Å². The van der Waals surface area contributed by atoms with Crippen molar-refractivity contribution in [1.82, 2.24) is 4.98 Å². The molecule has 0 aliphatic rings. The smallest absolute Gasteiger partial charge is 0.227 e. The Morgan fingerprint density at radius 2 is 1.80 bits per heavy atom. The minimum absolute atomic E-state index is 0.432. The molecule has 0 aliphatic heterocycles. The van der Waals surface area contributed by atoms with E-state index < -0.39 is 0 Å². The SMILES string of the molecule is Cc1ccc2oc(-c3ccc(OCc4ccccc4Cl)cc3)nc2c1. The maximum absolute atomic E-state index is 6.14. The molecule has 25 heavy (non-hydrogen) atoms. The Hall–Kier alpha value is -2.78. The van der Waals surface area contributed by atoms with E-state index in [2.05, 4.69) is 4.98 Å². The maximum Gasteiger partial charge on any atom is 0.227 e. The third kappa shape index (κ3) is 3.37. The van der Waals surface area contributed by atoms with Crippen LogP contribution in [0.5, 0.6) is 5.75 Å². The van der Waals surface area contributed by atoms with Crippen molar-refractivity contribution in [2.24, 2.45) is 0 Å². The summed E-state index contributed by atoms with van der Waals surface area (Å²) in [7, 11) is 0. The van der Waals surface area contributed by atoms with Crippen molar-refractivity contribution in [2.75, 3.05) is 0 Å². The summed E-state index contributed by atoms with van der Waals surface area (Å²) in [6, 6.07) is 21.4. The lowest BCUT2D eigenvalue weighted by Gasteiger charge is -2.07. The molecule has 0 saturated heterocycles. The lowest BCUT2D eigenvalue weighted by atomic mass is 10.2. The highest BCUT2D eigenvalue weighted by Gasteiger charge is 2.08. The quantitative estimate of drug-likeness (QED) is 0.451. The van der Waals surface area contributed by atoms with Gasteiger partial charge in [-0.1, -0.05) is 35.9 Å². The van der Waals surface area contributed by atoms with E-state index >= 15 is 0 Å². The van der Waals surface area contributed by atoms with Crippen LogP contribution in [0.4, 0.5) is 0 Å². The Balaban J connectivity index is 1.52.